The minimum Gasteiger partial charge on any atom is -0.390 e. The SMILES string of the molecule is OCC(F)(F)C(F)(F)COCc1ccccc1. The number of aliphatic hydroxyl groups is 1. The zero-order valence-electron chi connectivity index (χ0n) is 8.88. The highest BCUT2D eigenvalue weighted by Crippen LogP contribution is 2.34. The molecule has 0 heterocycles. The van der Waals surface area contributed by atoms with Gasteiger partial charge in [0.05, 0.1) is 6.61 Å². The van der Waals surface area contributed by atoms with Crippen LogP contribution in [-0.2, 0) is 11.3 Å². The number of hydrogen-bond donors (Lipinski definition) is 1. The van der Waals surface area contributed by atoms with Crippen LogP contribution in [-0.4, -0.2) is 30.2 Å². The van der Waals surface area contributed by atoms with E-state index in [2.05, 4.69) is 4.74 Å². The van der Waals surface area contributed by atoms with E-state index >= 15 is 0 Å². The van der Waals surface area contributed by atoms with Gasteiger partial charge in [-0.3, -0.25) is 0 Å². The molecule has 1 aromatic carbocycles. The van der Waals surface area contributed by atoms with Crippen LogP contribution in [0.4, 0.5) is 17.6 Å². The molecule has 0 aromatic heterocycles. The molecule has 0 aliphatic heterocycles. The van der Waals surface area contributed by atoms with Crippen molar-refractivity contribution in [3.63, 3.8) is 0 Å². The van der Waals surface area contributed by atoms with E-state index in [1.165, 1.54) is 0 Å². The monoisotopic (exact) mass is 252 g/mol. The average molecular weight is 252 g/mol. The topological polar surface area (TPSA) is 29.5 Å². The number of aliphatic hydroxyl groups excluding tert-OH is 1. The predicted octanol–water partition coefficient (Wildman–Crippen LogP) is 2.47. The number of hydrogen-bond acceptors (Lipinski definition) is 2. The van der Waals surface area contributed by atoms with Crippen LogP contribution in [0.2, 0.25) is 0 Å². The second-order valence-corrected chi connectivity index (χ2v) is 3.55. The summed E-state index contributed by atoms with van der Waals surface area (Å²) in [5, 5.41) is 8.16. The van der Waals surface area contributed by atoms with Gasteiger partial charge in [-0.05, 0) is 5.56 Å². The van der Waals surface area contributed by atoms with Gasteiger partial charge < -0.3 is 9.84 Å². The van der Waals surface area contributed by atoms with Crippen molar-refractivity contribution in [1.29, 1.82) is 0 Å². The molecule has 0 radical (unpaired) electrons. The molecule has 0 bridgehead atoms. The Morgan fingerprint density at radius 1 is 1.00 bits per heavy atom. The Labute approximate surface area is 95.8 Å². The predicted molar refractivity (Wildman–Crippen MR) is 53.1 cm³/mol. The Morgan fingerprint density at radius 2 is 1.59 bits per heavy atom. The molecule has 96 valence electrons. The van der Waals surface area contributed by atoms with Gasteiger partial charge in [0.2, 0.25) is 0 Å². The second-order valence-electron chi connectivity index (χ2n) is 3.55. The normalized spacial score (nSPS) is 12.8. The highest BCUT2D eigenvalue weighted by atomic mass is 19.3. The molecular weight excluding hydrogens is 240 g/mol. The first kappa shape index (κ1) is 13.9. The van der Waals surface area contributed by atoms with E-state index < -0.39 is 25.1 Å². The number of benzene rings is 1. The fourth-order valence-electron chi connectivity index (χ4n) is 1.09. The average Bonchev–Trinajstić information content (AvgIpc) is 2.30. The van der Waals surface area contributed by atoms with E-state index in [4.69, 9.17) is 5.11 Å². The van der Waals surface area contributed by atoms with Crippen molar-refractivity contribution in [2.75, 3.05) is 13.2 Å². The van der Waals surface area contributed by atoms with Crippen LogP contribution in [0.1, 0.15) is 5.56 Å². The van der Waals surface area contributed by atoms with Gasteiger partial charge in [-0.2, -0.15) is 17.6 Å². The van der Waals surface area contributed by atoms with E-state index in [-0.39, 0.29) is 6.61 Å². The van der Waals surface area contributed by atoms with Crippen molar-refractivity contribution < 1.29 is 27.4 Å². The van der Waals surface area contributed by atoms with Crippen LogP contribution < -0.4 is 0 Å². The Balaban J connectivity index is 2.46. The number of alkyl halides is 4. The van der Waals surface area contributed by atoms with E-state index in [1.54, 1.807) is 30.3 Å². The van der Waals surface area contributed by atoms with Gasteiger partial charge >= 0.3 is 11.8 Å². The van der Waals surface area contributed by atoms with Gasteiger partial charge in [0.15, 0.2) is 0 Å². The van der Waals surface area contributed by atoms with Crippen LogP contribution in [0.15, 0.2) is 30.3 Å². The lowest BCUT2D eigenvalue weighted by Gasteiger charge is -2.24. The fourth-order valence-corrected chi connectivity index (χ4v) is 1.09. The van der Waals surface area contributed by atoms with Gasteiger partial charge in [0, 0.05) is 0 Å². The van der Waals surface area contributed by atoms with Gasteiger partial charge in [-0.25, -0.2) is 0 Å². The minimum absolute atomic E-state index is 0.183. The first-order valence-electron chi connectivity index (χ1n) is 4.87. The molecule has 0 aliphatic carbocycles. The maximum Gasteiger partial charge on any atom is 0.335 e. The zero-order valence-corrected chi connectivity index (χ0v) is 8.88. The number of rotatable bonds is 6. The van der Waals surface area contributed by atoms with Crippen LogP contribution >= 0.6 is 0 Å². The van der Waals surface area contributed by atoms with Crippen LogP contribution in [0.25, 0.3) is 0 Å². The summed E-state index contributed by atoms with van der Waals surface area (Å²) in [5.74, 6) is -8.85. The summed E-state index contributed by atoms with van der Waals surface area (Å²) >= 11 is 0. The summed E-state index contributed by atoms with van der Waals surface area (Å²) in [4.78, 5) is 0. The number of halogens is 4. The molecule has 0 spiro atoms. The molecule has 0 aliphatic rings. The largest absolute Gasteiger partial charge is 0.390 e. The Hall–Kier alpha value is -1.14. The third-order valence-electron chi connectivity index (χ3n) is 2.13. The highest BCUT2D eigenvalue weighted by molar-refractivity contribution is 5.13. The molecule has 0 unspecified atom stereocenters. The van der Waals surface area contributed by atoms with E-state index in [9.17, 15) is 17.6 Å². The molecule has 0 amide bonds. The molecule has 1 rings (SSSR count). The van der Waals surface area contributed by atoms with E-state index in [0.29, 0.717) is 5.56 Å². The van der Waals surface area contributed by atoms with Gasteiger partial charge in [0.25, 0.3) is 0 Å². The van der Waals surface area contributed by atoms with Crippen LogP contribution in [0, 0.1) is 0 Å². The first-order valence-corrected chi connectivity index (χ1v) is 4.87. The first-order chi connectivity index (χ1) is 7.89. The Morgan fingerprint density at radius 3 is 2.12 bits per heavy atom. The van der Waals surface area contributed by atoms with Gasteiger partial charge in [-0.1, -0.05) is 30.3 Å². The summed E-state index contributed by atoms with van der Waals surface area (Å²) in [5.41, 5.74) is 0.607. The lowest BCUT2D eigenvalue weighted by atomic mass is 10.2. The highest BCUT2D eigenvalue weighted by Gasteiger charge is 2.55. The summed E-state index contributed by atoms with van der Waals surface area (Å²) in [6, 6.07) is 8.35. The summed E-state index contributed by atoms with van der Waals surface area (Å²) < 4.78 is 55.4. The van der Waals surface area contributed by atoms with E-state index in [1.807, 2.05) is 0 Å². The van der Waals surface area contributed by atoms with Crippen molar-refractivity contribution >= 4 is 0 Å². The van der Waals surface area contributed by atoms with Crippen LogP contribution in [0.5, 0.6) is 0 Å². The van der Waals surface area contributed by atoms with E-state index in [0.717, 1.165) is 0 Å². The number of ether oxygens (including phenoxy) is 1. The standard InChI is InChI=1S/C11H12F4O2/c12-10(13,7-16)11(14,15)8-17-6-9-4-2-1-3-5-9/h1-5,16H,6-8H2. The molecule has 2 nitrogen and oxygen atoms in total. The zero-order chi connectivity index (χ0) is 12.9. The van der Waals surface area contributed by atoms with Crippen molar-refractivity contribution in [2.24, 2.45) is 0 Å². The maximum atomic E-state index is 12.9. The lowest BCUT2D eigenvalue weighted by molar-refractivity contribution is -0.246. The smallest absolute Gasteiger partial charge is 0.335 e. The Kier molecular flexibility index (Phi) is 4.47. The molecule has 0 saturated carbocycles. The maximum absolute atomic E-state index is 12.9. The lowest BCUT2D eigenvalue weighted by Crippen LogP contribution is -2.46. The second kappa shape index (κ2) is 5.46. The van der Waals surface area contributed by atoms with Crippen molar-refractivity contribution in [1.82, 2.24) is 0 Å². The molecular formula is C11H12F4O2. The molecule has 1 aromatic rings. The van der Waals surface area contributed by atoms with Gasteiger partial charge in [0.1, 0.15) is 13.2 Å². The van der Waals surface area contributed by atoms with Crippen molar-refractivity contribution in [3.05, 3.63) is 35.9 Å². The summed E-state index contributed by atoms with van der Waals surface area (Å²) in [6.07, 6.45) is 0. The molecule has 0 atom stereocenters. The van der Waals surface area contributed by atoms with Crippen LogP contribution in [0.3, 0.4) is 0 Å². The van der Waals surface area contributed by atoms with Crippen molar-refractivity contribution in [2.45, 2.75) is 18.5 Å². The minimum atomic E-state index is -4.47. The quantitative estimate of drug-likeness (QED) is 0.788. The molecule has 1 N–H and O–H groups in total. The third-order valence-corrected chi connectivity index (χ3v) is 2.13. The Bertz CT molecular complexity index is 341. The third kappa shape index (κ3) is 3.67. The fraction of sp³-hybridized carbons (Fsp3) is 0.455. The molecule has 17 heavy (non-hydrogen) atoms. The molecule has 0 fully saturated rings. The summed E-state index contributed by atoms with van der Waals surface area (Å²) in [6.45, 7) is -3.53. The molecule has 6 heteroatoms. The van der Waals surface area contributed by atoms with Gasteiger partial charge in [-0.15, -0.1) is 0 Å². The van der Waals surface area contributed by atoms with Crippen molar-refractivity contribution in [3.8, 4) is 0 Å². The molecule has 0 saturated heterocycles. The summed E-state index contributed by atoms with van der Waals surface area (Å²) in [7, 11) is 0.